The van der Waals surface area contributed by atoms with Crippen molar-refractivity contribution < 1.29 is 14.3 Å². The minimum absolute atomic E-state index is 0.246. The fourth-order valence-corrected chi connectivity index (χ4v) is 3.20. The molecular weight excluding hydrogens is 318 g/mol. The lowest BCUT2D eigenvalue weighted by molar-refractivity contribution is -0.123. The summed E-state index contributed by atoms with van der Waals surface area (Å²) in [6.45, 7) is 3.71. The van der Waals surface area contributed by atoms with Gasteiger partial charge in [0, 0.05) is 5.56 Å². The normalized spacial score (nSPS) is 13.2. The van der Waals surface area contributed by atoms with Crippen LogP contribution < -0.4 is 4.74 Å². The van der Waals surface area contributed by atoms with E-state index in [0.717, 1.165) is 33.7 Å². The van der Waals surface area contributed by atoms with Crippen molar-refractivity contribution in [3.8, 4) is 17.0 Å². The molecule has 0 spiro atoms. The highest BCUT2D eigenvalue weighted by Gasteiger charge is 2.32. The molecule has 1 aromatic heterocycles. The summed E-state index contributed by atoms with van der Waals surface area (Å²) < 4.78 is 5.27. The van der Waals surface area contributed by atoms with Crippen molar-refractivity contribution in [2.45, 2.75) is 6.54 Å². The molecule has 6 heteroatoms. The predicted octanol–water partition coefficient (Wildman–Crippen LogP) is 2.91. The summed E-state index contributed by atoms with van der Waals surface area (Å²) in [6.07, 6.45) is 1.16. The Morgan fingerprint density at radius 2 is 2.12 bits per heavy atom. The maximum atomic E-state index is 12.5. The number of aromatic nitrogens is 2. The van der Waals surface area contributed by atoms with Gasteiger partial charge in [-0.25, -0.2) is 0 Å². The Balaban J connectivity index is 1.85. The molecule has 25 heavy (non-hydrogen) atoms. The van der Waals surface area contributed by atoms with Gasteiger partial charge in [0.05, 0.1) is 24.6 Å². The van der Waals surface area contributed by atoms with Crippen molar-refractivity contribution >= 4 is 22.7 Å². The first-order valence-corrected chi connectivity index (χ1v) is 7.76. The number of amides is 2. The molecule has 0 radical (unpaired) electrons. The van der Waals surface area contributed by atoms with Gasteiger partial charge in [0.2, 0.25) is 5.88 Å². The summed E-state index contributed by atoms with van der Waals surface area (Å²) in [7, 11) is 1.57. The van der Waals surface area contributed by atoms with Gasteiger partial charge in [-0.15, -0.1) is 5.10 Å². The summed E-state index contributed by atoms with van der Waals surface area (Å²) in [5.41, 5.74) is 4.10. The zero-order chi connectivity index (χ0) is 17.6. The first kappa shape index (κ1) is 15.1. The molecule has 0 aliphatic carbocycles. The molecule has 2 heterocycles. The Kier molecular flexibility index (Phi) is 3.39. The van der Waals surface area contributed by atoms with Crippen LogP contribution in [-0.2, 0) is 11.3 Å². The van der Waals surface area contributed by atoms with Gasteiger partial charge in [-0.2, -0.15) is 0 Å². The molecule has 0 fully saturated rings. The molecule has 2 amide bonds. The number of carbonyl (C=O) groups is 2. The van der Waals surface area contributed by atoms with Crippen LogP contribution in [0, 0.1) is 0 Å². The third-order valence-corrected chi connectivity index (χ3v) is 4.44. The average Bonchev–Trinajstić information content (AvgIpc) is 3.21. The van der Waals surface area contributed by atoms with Crippen molar-refractivity contribution in [3.63, 3.8) is 0 Å². The summed E-state index contributed by atoms with van der Waals surface area (Å²) >= 11 is 0. The highest BCUT2D eigenvalue weighted by molar-refractivity contribution is 6.11. The molecule has 0 atom stereocenters. The number of hydrogen-bond acceptors (Lipinski definition) is 4. The highest BCUT2D eigenvalue weighted by atomic mass is 16.5. The van der Waals surface area contributed by atoms with Crippen molar-refractivity contribution in [3.05, 3.63) is 60.2 Å². The second-order valence-corrected chi connectivity index (χ2v) is 5.76. The largest absolute Gasteiger partial charge is 0.480 e. The standard InChI is InChI=1S/C19H15N3O3/c1-3-17(23)22-10-15-12(5-4-6-13(15)19(22)24)11-7-8-16-14(9-11)18(25-2)21-20-16/h3-9H,1,10H2,2H3,(H,20,21). The number of benzene rings is 2. The minimum Gasteiger partial charge on any atom is -0.480 e. The Hall–Kier alpha value is -3.41. The Morgan fingerprint density at radius 1 is 1.32 bits per heavy atom. The van der Waals surface area contributed by atoms with Crippen molar-refractivity contribution in [1.82, 2.24) is 15.1 Å². The van der Waals surface area contributed by atoms with Crippen LogP contribution in [0.2, 0.25) is 0 Å². The van der Waals surface area contributed by atoms with Crippen LogP contribution in [0.15, 0.2) is 49.1 Å². The van der Waals surface area contributed by atoms with Gasteiger partial charge in [-0.1, -0.05) is 24.8 Å². The van der Waals surface area contributed by atoms with Gasteiger partial charge in [-0.3, -0.25) is 19.6 Å². The molecule has 1 N–H and O–H groups in total. The molecular formula is C19H15N3O3. The number of imide groups is 1. The van der Waals surface area contributed by atoms with E-state index in [1.165, 1.54) is 4.90 Å². The van der Waals surface area contributed by atoms with Gasteiger partial charge >= 0.3 is 0 Å². The zero-order valence-electron chi connectivity index (χ0n) is 13.6. The molecule has 0 saturated heterocycles. The maximum Gasteiger partial charge on any atom is 0.261 e. The predicted molar refractivity (Wildman–Crippen MR) is 93.2 cm³/mol. The van der Waals surface area contributed by atoms with E-state index >= 15 is 0 Å². The second kappa shape index (κ2) is 5.59. The Bertz CT molecular complexity index is 1040. The third kappa shape index (κ3) is 2.22. The van der Waals surface area contributed by atoms with Gasteiger partial charge in [0.1, 0.15) is 0 Å². The molecule has 4 rings (SSSR count). The van der Waals surface area contributed by atoms with Gasteiger partial charge in [0.15, 0.2) is 0 Å². The van der Waals surface area contributed by atoms with Gasteiger partial charge in [-0.05, 0) is 41.0 Å². The number of ether oxygens (including phenoxy) is 1. The SMILES string of the molecule is C=CC(=O)N1Cc2c(cccc2-c2ccc3[nH]nc(OC)c3c2)C1=O. The minimum atomic E-state index is -0.390. The van der Waals surface area contributed by atoms with Crippen LogP contribution in [0.25, 0.3) is 22.0 Å². The first-order valence-electron chi connectivity index (χ1n) is 7.76. The number of methoxy groups -OCH3 is 1. The third-order valence-electron chi connectivity index (χ3n) is 4.44. The Morgan fingerprint density at radius 3 is 2.88 bits per heavy atom. The van der Waals surface area contributed by atoms with Crippen molar-refractivity contribution in [1.29, 1.82) is 0 Å². The molecule has 3 aromatic rings. The molecule has 1 aliphatic rings. The second-order valence-electron chi connectivity index (χ2n) is 5.76. The fourth-order valence-electron chi connectivity index (χ4n) is 3.20. The van der Waals surface area contributed by atoms with E-state index in [1.807, 2.05) is 30.3 Å². The fraction of sp³-hybridized carbons (Fsp3) is 0.105. The quantitative estimate of drug-likeness (QED) is 0.748. The van der Waals surface area contributed by atoms with E-state index in [4.69, 9.17) is 4.74 Å². The topological polar surface area (TPSA) is 75.3 Å². The van der Waals surface area contributed by atoms with Crippen LogP contribution in [0.1, 0.15) is 15.9 Å². The number of fused-ring (bicyclic) bond motifs is 2. The summed E-state index contributed by atoms with van der Waals surface area (Å²) in [4.78, 5) is 25.6. The maximum absolute atomic E-state index is 12.5. The van der Waals surface area contributed by atoms with Gasteiger partial charge in [0.25, 0.3) is 11.8 Å². The molecule has 0 unspecified atom stereocenters. The number of hydrogen-bond donors (Lipinski definition) is 1. The number of rotatable bonds is 3. The first-order chi connectivity index (χ1) is 12.1. The van der Waals surface area contributed by atoms with E-state index in [9.17, 15) is 9.59 Å². The van der Waals surface area contributed by atoms with Crippen molar-refractivity contribution in [2.24, 2.45) is 0 Å². The van der Waals surface area contributed by atoms with Crippen LogP contribution in [0.3, 0.4) is 0 Å². The van der Waals surface area contributed by atoms with E-state index in [0.29, 0.717) is 11.4 Å². The van der Waals surface area contributed by atoms with E-state index in [1.54, 1.807) is 13.2 Å². The molecule has 0 bridgehead atoms. The van der Waals surface area contributed by atoms with Crippen LogP contribution in [-0.4, -0.2) is 34.0 Å². The molecule has 124 valence electrons. The highest BCUT2D eigenvalue weighted by Crippen LogP contribution is 2.35. The molecule has 0 saturated carbocycles. The van der Waals surface area contributed by atoms with Crippen molar-refractivity contribution in [2.75, 3.05) is 7.11 Å². The Labute approximate surface area is 143 Å². The van der Waals surface area contributed by atoms with E-state index in [2.05, 4.69) is 16.8 Å². The number of nitrogens with zero attached hydrogens (tertiary/aromatic N) is 2. The zero-order valence-corrected chi connectivity index (χ0v) is 13.6. The lowest BCUT2D eigenvalue weighted by Crippen LogP contribution is -2.29. The lowest BCUT2D eigenvalue weighted by Gasteiger charge is -2.11. The van der Waals surface area contributed by atoms with E-state index < -0.39 is 0 Å². The number of nitrogens with one attached hydrogen (secondary N) is 1. The molecule has 2 aromatic carbocycles. The average molecular weight is 333 g/mol. The van der Waals surface area contributed by atoms with Gasteiger partial charge < -0.3 is 4.74 Å². The van der Waals surface area contributed by atoms with Crippen LogP contribution >= 0.6 is 0 Å². The lowest BCUT2D eigenvalue weighted by atomic mass is 9.96. The summed E-state index contributed by atoms with van der Waals surface area (Å²) in [5.74, 6) is -0.160. The molecule has 6 nitrogen and oxygen atoms in total. The number of carbonyl (C=O) groups excluding carboxylic acids is 2. The van der Waals surface area contributed by atoms with Crippen LogP contribution in [0.4, 0.5) is 0 Å². The molecule has 1 aliphatic heterocycles. The summed E-state index contributed by atoms with van der Waals surface area (Å²) in [6, 6.07) is 11.4. The number of aromatic amines is 1. The summed E-state index contributed by atoms with van der Waals surface area (Å²) in [5, 5.41) is 7.89. The smallest absolute Gasteiger partial charge is 0.261 e. The number of H-pyrrole nitrogens is 1. The van der Waals surface area contributed by atoms with Crippen LogP contribution in [0.5, 0.6) is 5.88 Å². The monoisotopic (exact) mass is 333 g/mol. The van der Waals surface area contributed by atoms with E-state index in [-0.39, 0.29) is 18.4 Å².